The molecule has 2 aromatic rings. The SMILES string of the molecule is CCN(CCC(=O)Nc1cc(Cl)ccc1OC)CC(O)c1ccc(C)cc1. The molecule has 2 aromatic carbocycles. The highest BCUT2D eigenvalue weighted by molar-refractivity contribution is 6.31. The third kappa shape index (κ3) is 6.54. The predicted molar refractivity (Wildman–Crippen MR) is 110 cm³/mol. The molecule has 0 saturated heterocycles. The van der Waals surface area contributed by atoms with Gasteiger partial charge in [-0.2, -0.15) is 0 Å². The van der Waals surface area contributed by atoms with E-state index >= 15 is 0 Å². The molecule has 146 valence electrons. The predicted octanol–water partition coefficient (Wildman–Crippen LogP) is 4.04. The topological polar surface area (TPSA) is 61.8 Å². The highest BCUT2D eigenvalue weighted by Gasteiger charge is 2.14. The van der Waals surface area contributed by atoms with Crippen molar-refractivity contribution in [3.05, 3.63) is 58.6 Å². The van der Waals surface area contributed by atoms with Gasteiger partial charge in [0.05, 0.1) is 18.9 Å². The molecule has 1 unspecified atom stereocenters. The summed E-state index contributed by atoms with van der Waals surface area (Å²) in [5.41, 5.74) is 2.59. The fraction of sp³-hybridized carbons (Fsp3) is 0.381. The molecule has 0 aromatic heterocycles. The molecule has 0 saturated carbocycles. The van der Waals surface area contributed by atoms with Gasteiger partial charge < -0.3 is 20.1 Å². The Kier molecular flexibility index (Phi) is 8.10. The number of methoxy groups -OCH3 is 1. The van der Waals surface area contributed by atoms with E-state index in [1.165, 1.54) is 0 Å². The van der Waals surface area contributed by atoms with Crippen LogP contribution < -0.4 is 10.1 Å². The average Bonchev–Trinajstić information content (AvgIpc) is 2.65. The van der Waals surface area contributed by atoms with Crippen LogP contribution in [0.3, 0.4) is 0 Å². The molecule has 5 nitrogen and oxygen atoms in total. The van der Waals surface area contributed by atoms with E-state index in [-0.39, 0.29) is 5.91 Å². The molecular weight excluding hydrogens is 364 g/mol. The van der Waals surface area contributed by atoms with Crippen LogP contribution in [0.5, 0.6) is 5.75 Å². The van der Waals surface area contributed by atoms with Crippen LogP contribution in [0, 0.1) is 6.92 Å². The first-order valence-electron chi connectivity index (χ1n) is 9.03. The molecule has 0 radical (unpaired) electrons. The second kappa shape index (κ2) is 10.3. The number of aryl methyl sites for hydroxylation is 1. The van der Waals surface area contributed by atoms with Crippen LogP contribution >= 0.6 is 11.6 Å². The fourth-order valence-corrected chi connectivity index (χ4v) is 2.94. The monoisotopic (exact) mass is 390 g/mol. The van der Waals surface area contributed by atoms with Crippen LogP contribution in [0.1, 0.15) is 30.6 Å². The molecule has 0 fully saturated rings. The third-order valence-electron chi connectivity index (χ3n) is 4.43. The quantitative estimate of drug-likeness (QED) is 0.678. The van der Waals surface area contributed by atoms with Crippen molar-refractivity contribution in [3.8, 4) is 5.75 Å². The highest BCUT2D eigenvalue weighted by atomic mass is 35.5. The minimum atomic E-state index is -0.582. The van der Waals surface area contributed by atoms with Crippen molar-refractivity contribution >= 4 is 23.2 Å². The number of likely N-dealkylation sites (N-methyl/N-ethyl adjacent to an activating group) is 1. The summed E-state index contributed by atoms with van der Waals surface area (Å²) in [5, 5.41) is 13.8. The van der Waals surface area contributed by atoms with Crippen molar-refractivity contribution in [1.29, 1.82) is 0 Å². The van der Waals surface area contributed by atoms with Crippen molar-refractivity contribution in [2.75, 3.05) is 32.1 Å². The highest BCUT2D eigenvalue weighted by Crippen LogP contribution is 2.27. The van der Waals surface area contributed by atoms with Gasteiger partial charge in [-0.1, -0.05) is 48.4 Å². The molecule has 1 atom stereocenters. The zero-order valence-corrected chi connectivity index (χ0v) is 16.8. The summed E-state index contributed by atoms with van der Waals surface area (Å²) in [7, 11) is 1.55. The lowest BCUT2D eigenvalue weighted by molar-refractivity contribution is -0.116. The molecule has 0 spiro atoms. The van der Waals surface area contributed by atoms with E-state index in [9.17, 15) is 9.90 Å². The van der Waals surface area contributed by atoms with E-state index in [2.05, 4.69) is 10.2 Å². The van der Waals surface area contributed by atoms with Gasteiger partial charge in [0.15, 0.2) is 0 Å². The molecule has 2 rings (SSSR count). The van der Waals surface area contributed by atoms with Crippen molar-refractivity contribution < 1.29 is 14.6 Å². The summed E-state index contributed by atoms with van der Waals surface area (Å²) < 4.78 is 5.24. The molecular formula is C21H27ClN2O3. The number of halogens is 1. The second-order valence-corrected chi connectivity index (χ2v) is 6.90. The van der Waals surface area contributed by atoms with Crippen LogP contribution in [0.15, 0.2) is 42.5 Å². The normalized spacial score (nSPS) is 12.1. The Bertz CT molecular complexity index is 750. The number of nitrogens with zero attached hydrogens (tertiary/aromatic N) is 1. The van der Waals surface area contributed by atoms with Crippen LogP contribution in [0.25, 0.3) is 0 Å². The third-order valence-corrected chi connectivity index (χ3v) is 4.67. The number of aliphatic hydroxyl groups excluding tert-OH is 1. The molecule has 6 heteroatoms. The molecule has 27 heavy (non-hydrogen) atoms. The number of aliphatic hydroxyl groups is 1. The fourth-order valence-electron chi connectivity index (χ4n) is 2.77. The Morgan fingerprint density at radius 2 is 1.96 bits per heavy atom. The van der Waals surface area contributed by atoms with Gasteiger partial charge in [0.2, 0.25) is 5.91 Å². The zero-order valence-electron chi connectivity index (χ0n) is 16.0. The summed E-state index contributed by atoms with van der Waals surface area (Å²) in [6, 6.07) is 12.9. The summed E-state index contributed by atoms with van der Waals surface area (Å²) >= 11 is 5.99. The standard InChI is InChI=1S/C21H27ClN2O3/c1-4-24(14-19(25)16-7-5-15(2)6-8-16)12-11-21(26)23-18-13-17(22)9-10-20(18)27-3/h5-10,13,19,25H,4,11-12,14H2,1-3H3,(H,23,26). The van der Waals surface area contributed by atoms with Gasteiger partial charge >= 0.3 is 0 Å². The van der Waals surface area contributed by atoms with Crippen molar-refractivity contribution in [3.63, 3.8) is 0 Å². The number of carbonyl (C=O) groups is 1. The van der Waals surface area contributed by atoms with Crippen LogP contribution in [0.2, 0.25) is 5.02 Å². The number of nitrogens with one attached hydrogen (secondary N) is 1. The molecule has 2 N–H and O–H groups in total. The zero-order chi connectivity index (χ0) is 19.8. The molecule has 1 amide bonds. The van der Waals surface area contributed by atoms with Gasteiger partial charge in [-0.25, -0.2) is 0 Å². The van der Waals surface area contributed by atoms with Crippen LogP contribution in [0.4, 0.5) is 5.69 Å². The van der Waals surface area contributed by atoms with Crippen LogP contribution in [-0.4, -0.2) is 42.7 Å². The first-order valence-corrected chi connectivity index (χ1v) is 9.41. The molecule has 0 aliphatic carbocycles. The lowest BCUT2D eigenvalue weighted by Gasteiger charge is -2.23. The number of carbonyl (C=O) groups excluding carboxylic acids is 1. The van der Waals surface area contributed by atoms with Gasteiger partial charge in [-0.15, -0.1) is 0 Å². The number of rotatable bonds is 9. The molecule has 0 heterocycles. The maximum Gasteiger partial charge on any atom is 0.225 e. The Balaban J connectivity index is 1.88. The van der Waals surface area contributed by atoms with E-state index < -0.39 is 6.10 Å². The summed E-state index contributed by atoms with van der Waals surface area (Å²) in [6.07, 6.45) is -0.272. The van der Waals surface area contributed by atoms with Gasteiger partial charge in [0.25, 0.3) is 0 Å². The lowest BCUT2D eigenvalue weighted by Crippen LogP contribution is -2.31. The molecule has 0 aliphatic rings. The van der Waals surface area contributed by atoms with Gasteiger partial charge in [0, 0.05) is 24.5 Å². The van der Waals surface area contributed by atoms with Crippen molar-refractivity contribution in [2.24, 2.45) is 0 Å². The maximum absolute atomic E-state index is 12.3. The summed E-state index contributed by atoms with van der Waals surface area (Å²) in [4.78, 5) is 14.4. The Hall–Kier alpha value is -2.08. The van der Waals surface area contributed by atoms with Gasteiger partial charge in [-0.3, -0.25) is 4.79 Å². The average molecular weight is 391 g/mol. The van der Waals surface area contributed by atoms with Gasteiger partial charge in [0.1, 0.15) is 5.75 Å². The van der Waals surface area contributed by atoms with E-state index in [1.807, 2.05) is 38.1 Å². The smallest absolute Gasteiger partial charge is 0.225 e. The minimum absolute atomic E-state index is 0.126. The second-order valence-electron chi connectivity index (χ2n) is 6.46. The number of benzene rings is 2. The van der Waals surface area contributed by atoms with Gasteiger partial charge in [-0.05, 0) is 37.2 Å². The number of ether oxygens (including phenoxy) is 1. The Morgan fingerprint density at radius 3 is 2.59 bits per heavy atom. The van der Waals surface area contributed by atoms with E-state index in [0.717, 1.165) is 17.7 Å². The van der Waals surface area contributed by atoms with Crippen LogP contribution in [-0.2, 0) is 4.79 Å². The van der Waals surface area contributed by atoms with E-state index in [4.69, 9.17) is 16.3 Å². The number of anilines is 1. The van der Waals surface area contributed by atoms with E-state index in [1.54, 1.807) is 25.3 Å². The molecule has 0 bridgehead atoms. The first-order chi connectivity index (χ1) is 12.9. The largest absolute Gasteiger partial charge is 0.495 e. The number of amides is 1. The first kappa shape index (κ1) is 21.2. The number of hydrogen-bond acceptors (Lipinski definition) is 4. The Morgan fingerprint density at radius 1 is 1.26 bits per heavy atom. The summed E-state index contributed by atoms with van der Waals surface area (Å²) in [6.45, 7) is 5.81. The molecule has 0 aliphatic heterocycles. The number of hydrogen-bond donors (Lipinski definition) is 2. The lowest BCUT2D eigenvalue weighted by atomic mass is 10.1. The van der Waals surface area contributed by atoms with Crippen molar-refractivity contribution in [2.45, 2.75) is 26.4 Å². The Labute approximate surface area is 165 Å². The summed E-state index contributed by atoms with van der Waals surface area (Å²) in [5.74, 6) is 0.439. The minimum Gasteiger partial charge on any atom is -0.495 e. The maximum atomic E-state index is 12.3. The van der Waals surface area contributed by atoms with Crippen molar-refractivity contribution in [1.82, 2.24) is 4.90 Å². The van der Waals surface area contributed by atoms with E-state index in [0.29, 0.717) is 36.0 Å².